The van der Waals surface area contributed by atoms with Crippen LogP contribution < -0.4 is 45.8 Å². The van der Waals surface area contributed by atoms with Crippen LogP contribution >= 0.6 is 22.7 Å². The lowest BCUT2D eigenvalue weighted by Gasteiger charge is -2.31. The minimum Gasteiger partial charge on any atom is -0.446 e. The molecule has 22 nitrogen and oxygen atoms in total. The molecule has 6 aromatic rings. The van der Waals surface area contributed by atoms with Gasteiger partial charge >= 0.3 is 18.2 Å². The van der Waals surface area contributed by atoms with Crippen molar-refractivity contribution < 1.29 is 45.9 Å². The van der Waals surface area contributed by atoms with Gasteiger partial charge in [-0.2, -0.15) is 0 Å². The van der Waals surface area contributed by atoms with E-state index in [-0.39, 0.29) is 34.1 Å². The van der Waals surface area contributed by atoms with Gasteiger partial charge in [0.1, 0.15) is 6.10 Å². The van der Waals surface area contributed by atoms with Crippen LogP contribution in [-0.4, -0.2) is 118 Å². The maximum absolute atomic E-state index is 13.6. The zero-order valence-electron chi connectivity index (χ0n) is 50.3. The number of carbonyl (C=O) groups is 3. The highest BCUT2D eigenvalue weighted by molar-refractivity contribution is 7.90. The number of thiazole rings is 2. The summed E-state index contributed by atoms with van der Waals surface area (Å²) >= 11 is 2.80. The molecule has 4 aromatic carbocycles. The van der Waals surface area contributed by atoms with E-state index in [4.69, 9.17) is 4.74 Å². The highest BCUT2D eigenvalue weighted by Gasteiger charge is 2.30. The average Bonchev–Trinajstić information content (AvgIpc) is 2.00. The lowest BCUT2D eigenvalue weighted by atomic mass is 10.1. The summed E-state index contributed by atoms with van der Waals surface area (Å²) in [5.41, 5.74) is 2.18. The van der Waals surface area contributed by atoms with E-state index in [1.54, 1.807) is 78.2 Å². The van der Waals surface area contributed by atoms with Crippen LogP contribution in [0, 0.1) is 0 Å². The first kappa shape index (κ1) is 67.8. The molecule has 0 saturated carbocycles. The van der Waals surface area contributed by atoms with Crippen LogP contribution in [-0.2, 0) is 42.7 Å². The highest BCUT2D eigenvalue weighted by atomic mass is 32.2. The van der Waals surface area contributed by atoms with Crippen molar-refractivity contribution in [3.8, 4) is 20.9 Å². The third-order valence-corrected chi connectivity index (χ3v) is 18.3. The molecule has 0 bridgehead atoms. The van der Waals surface area contributed by atoms with Crippen molar-refractivity contribution in [2.75, 3.05) is 46.6 Å². The first-order valence-electron chi connectivity index (χ1n) is 28.2. The quantitative estimate of drug-likeness (QED) is 0.0311. The van der Waals surface area contributed by atoms with Crippen LogP contribution in [0.4, 0.5) is 36.0 Å². The Labute approximate surface area is 513 Å². The Morgan fingerprint density at radius 2 is 1.06 bits per heavy atom. The van der Waals surface area contributed by atoms with Crippen molar-refractivity contribution in [2.45, 2.75) is 153 Å². The molecule has 26 heteroatoms. The fourth-order valence-corrected chi connectivity index (χ4v) is 14.2. The summed E-state index contributed by atoms with van der Waals surface area (Å²) in [4.78, 5) is 64.6. The molecule has 86 heavy (non-hydrogen) atoms. The molecule has 8 N–H and O–H groups in total. The lowest BCUT2D eigenvalue weighted by molar-refractivity contribution is 0.0815. The summed E-state index contributed by atoms with van der Waals surface area (Å²) in [6.45, 7) is 21.5. The second-order valence-electron chi connectivity index (χ2n) is 23.2. The van der Waals surface area contributed by atoms with Crippen molar-refractivity contribution in [1.29, 1.82) is 0 Å². The Bertz CT molecular complexity index is 3470. The standard InChI is InChI=1S/C30H40N6O5S2.C26H33N5O4S2.C4H7NO/c1-20(2)33-29(38)41-23-13-15-36(16-14-23)28-32-19-25(42-28)24-12-11-22(17-26(24)43(39,40)35-30(3,4)5)34-27(37)31-18-21-9-7-6-8-10-21;1-26(2,3)30-37(34,35)23-15-19(29-24(33)27-16-18-7-5-4-6-8-18)9-10-21(23)22-17-28-25(36-22)31-13-11-20(32)12-14-31;1-4(2)5-3-6/h6-12,17,19-20,23,35H,13-16,18H2,1-5H3,(H,33,38)(H2,31,34,37);4-10,15,17,20,30,32H,11-14,16H2,1-3H3,(H2,27,29,33);4H,1-2H3. The van der Waals surface area contributed by atoms with Gasteiger partial charge in [0, 0.05) is 104 Å². The molecule has 0 radical (unpaired) electrons. The van der Waals surface area contributed by atoms with Crippen LogP contribution in [0.3, 0.4) is 0 Å². The van der Waals surface area contributed by atoms with Crippen molar-refractivity contribution in [2.24, 2.45) is 4.99 Å². The predicted octanol–water partition coefficient (Wildman–Crippen LogP) is 10.2. The summed E-state index contributed by atoms with van der Waals surface area (Å²) in [5.74, 6) is 0. The lowest BCUT2D eigenvalue weighted by Crippen LogP contribution is -2.40. The number of anilines is 4. The van der Waals surface area contributed by atoms with E-state index >= 15 is 0 Å². The Balaban J connectivity index is 0.000000253. The van der Waals surface area contributed by atoms with Gasteiger partial charge < -0.3 is 46.2 Å². The van der Waals surface area contributed by atoms with Crippen molar-refractivity contribution in [3.05, 3.63) is 121 Å². The summed E-state index contributed by atoms with van der Waals surface area (Å²) < 4.78 is 65.0. The number of carbonyl (C=O) groups excluding carboxylic acids is 4. The minimum absolute atomic E-state index is 0.00951. The number of amides is 5. The number of alkyl carbamates (subject to hydrolysis) is 1. The molecule has 2 aliphatic heterocycles. The average molecular weight is 1260 g/mol. The van der Waals surface area contributed by atoms with Gasteiger partial charge in [-0.15, -0.1) is 0 Å². The summed E-state index contributed by atoms with van der Waals surface area (Å²) in [7, 11) is -7.89. The number of aromatic nitrogens is 2. The van der Waals surface area contributed by atoms with Gasteiger partial charge in [0.05, 0.1) is 31.7 Å². The number of ether oxygens (including phenoxy) is 1. The molecule has 0 aliphatic carbocycles. The fraction of sp³-hybridized carbons (Fsp3) is 0.433. The zero-order chi connectivity index (χ0) is 62.8. The van der Waals surface area contributed by atoms with Crippen LogP contribution in [0.15, 0.2) is 124 Å². The molecule has 4 heterocycles. The van der Waals surface area contributed by atoms with Gasteiger partial charge in [-0.05, 0) is 117 Å². The largest absolute Gasteiger partial charge is 0.446 e. The van der Waals surface area contributed by atoms with E-state index in [1.165, 1.54) is 40.9 Å². The van der Waals surface area contributed by atoms with E-state index in [9.17, 15) is 41.1 Å². The smallest absolute Gasteiger partial charge is 0.407 e. The zero-order valence-corrected chi connectivity index (χ0v) is 53.5. The Kier molecular flexibility index (Phi) is 24.3. The molecule has 5 amide bonds. The topological polar surface area (TPSA) is 295 Å². The second kappa shape index (κ2) is 30.9. The number of aliphatic hydroxyl groups is 1. The van der Waals surface area contributed by atoms with E-state index in [1.807, 2.05) is 88.4 Å². The minimum atomic E-state index is -3.96. The van der Waals surface area contributed by atoms with Gasteiger partial charge in [0.25, 0.3) is 0 Å². The molecular weight excluding hydrogens is 1180 g/mol. The van der Waals surface area contributed by atoms with Gasteiger partial charge in [-0.3, -0.25) is 0 Å². The molecule has 0 spiro atoms. The number of urea groups is 2. The first-order chi connectivity index (χ1) is 40.6. The normalized spacial score (nSPS) is 14.2. The van der Waals surface area contributed by atoms with Crippen LogP contribution in [0.2, 0.25) is 0 Å². The molecule has 8 rings (SSSR count). The van der Waals surface area contributed by atoms with Gasteiger partial charge in [-0.1, -0.05) is 95.5 Å². The second-order valence-corrected chi connectivity index (χ2v) is 28.5. The van der Waals surface area contributed by atoms with E-state index in [0.29, 0.717) is 97.2 Å². The van der Waals surface area contributed by atoms with Gasteiger partial charge in [-0.25, -0.2) is 60.4 Å². The summed E-state index contributed by atoms with van der Waals surface area (Å²) in [6.07, 6.45) is 6.62. The van der Waals surface area contributed by atoms with Gasteiger partial charge in [0.2, 0.25) is 26.1 Å². The maximum atomic E-state index is 13.6. The molecule has 0 unspecified atom stereocenters. The Morgan fingerprint density at radius 1 is 0.651 bits per heavy atom. The van der Waals surface area contributed by atoms with Crippen molar-refractivity contribution >= 4 is 88.6 Å². The molecular formula is C60H80N12O10S4. The summed E-state index contributed by atoms with van der Waals surface area (Å²) in [5, 5.41) is 25.2. The van der Waals surface area contributed by atoms with Gasteiger partial charge in [0.15, 0.2) is 10.3 Å². The number of piperidine rings is 2. The fourth-order valence-electron chi connectivity index (χ4n) is 8.69. The van der Waals surface area contributed by atoms with Crippen LogP contribution in [0.5, 0.6) is 0 Å². The van der Waals surface area contributed by atoms with E-state index in [2.05, 4.69) is 60.8 Å². The number of isocyanates is 1. The Morgan fingerprint density at radius 3 is 1.42 bits per heavy atom. The maximum Gasteiger partial charge on any atom is 0.407 e. The number of nitrogens with zero attached hydrogens (tertiary/aromatic N) is 5. The SMILES string of the molecule is CC(C)(C)NS(=O)(=O)c1cc(NC(=O)NCc2ccccc2)ccc1-c1cnc(N2CCC(O)CC2)s1.CC(C)N=C=O.CC(C)NC(=O)OC1CCN(c2ncc(-c3ccc(NC(=O)NCc4ccccc4)cc3S(=O)(=O)NC(C)(C)C)s2)CC1. The number of sulfonamides is 2. The highest BCUT2D eigenvalue weighted by Crippen LogP contribution is 2.39. The van der Waals surface area contributed by atoms with Crippen molar-refractivity contribution in [3.63, 3.8) is 0 Å². The molecule has 0 atom stereocenters. The van der Waals surface area contributed by atoms with Crippen LogP contribution in [0.25, 0.3) is 20.9 Å². The van der Waals surface area contributed by atoms with E-state index in [0.717, 1.165) is 21.4 Å². The molecule has 2 fully saturated rings. The summed E-state index contributed by atoms with van der Waals surface area (Å²) in [6, 6.07) is 27.9. The number of nitrogens with one attached hydrogen (secondary N) is 7. The molecule has 2 saturated heterocycles. The van der Waals surface area contributed by atoms with Crippen molar-refractivity contribution in [1.82, 2.24) is 35.4 Å². The number of aliphatic imine (C=N–C) groups is 1. The molecule has 2 aromatic heterocycles. The number of aliphatic hydroxyl groups excluding tert-OH is 1. The Hall–Kier alpha value is -7.29. The van der Waals surface area contributed by atoms with Crippen LogP contribution in [0.1, 0.15) is 106 Å². The number of rotatable bonds is 17. The number of hydrogen-bond acceptors (Lipinski definition) is 17. The number of hydrogen-bond donors (Lipinski definition) is 8. The number of benzene rings is 4. The first-order valence-corrected chi connectivity index (χ1v) is 32.8. The third-order valence-electron chi connectivity index (χ3n) is 12.5. The molecule has 2 aliphatic rings. The predicted molar refractivity (Wildman–Crippen MR) is 341 cm³/mol. The van der Waals surface area contributed by atoms with E-state index < -0.39 is 49.3 Å². The monoisotopic (exact) mass is 1260 g/mol. The third kappa shape index (κ3) is 21.9. The molecule has 464 valence electrons.